The highest BCUT2D eigenvalue weighted by molar-refractivity contribution is 5.68. The van der Waals surface area contributed by atoms with Gasteiger partial charge >= 0.3 is 6.09 Å². The van der Waals surface area contributed by atoms with E-state index < -0.39 is 17.2 Å². The molecule has 1 aliphatic rings. The molecule has 1 atom stereocenters. The molecule has 1 unspecified atom stereocenters. The molecular weight excluding hydrogens is 314 g/mol. The second-order valence-corrected chi connectivity index (χ2v) is 7.32. The summed E-state index contributed by atoms with van der Waals surface area (Å²) in [4.78, 5) is 13.8. The fraction of sp³-hybridized carbons (Fsp3) is 0.611. The van der Waals surface area contributed by atoms with Gasteiger partial charge in [-0.15, -0.1) is 0 Å². The summed E-state index contributed by atoms with van der Waals surface area (Å²) < 4.78 is 32.0. The number of nitrogens with two attached hydrogens (primary N) is 1. The smallest absolute Gasteiger partial charge is 0.410 e. The molecule has 1 aromatic rings. The fourth-order valence-corrected chi connectivity index (χ4v) is 3.15. The molecule has 0 aromatic heterocycles. The first-order chi connectivity index (χ1) is 11.2. The molecule has 1 aliphatic heterocycles. The first kappa shape index (κ1) is 18.6. The number of rotatable bonds is 3. The van der Waals surface area contributed by atoms with E-state index in [1.165, 1.54) is 6.07 Å². The Morgan fingerprint density at radius 1 is 1.29 bits per heavy atom. The average Bonchev–Trinajstić information content (AvgIpc) is 2.50. The van der Waals surface area contributed by atoms with Crippen LogP contribution in [0, 0.1) is 17.6 Å². The minimum absolute atomic E-state index is 0.0408. The zero-order chi connectivity index (χ0) is 17.9. The third-order valence-electron chi connectivity index (χ3n) is 4.39. The van der Waals surface area contributed by atoms with Crippen LogP contribution in [-0.4, -0.2) is 36.2 Å². The van der Waals surface area contributed by atoms with E-state index in [4.69, 9.17) is 10.5 Å². The van der Waals surface area contributed by atoms with Gasteiger partial charge in [0.15, 0.2) is 11.6 Å². The minimum Gasteiger partial charge on any atom is -0.444 e. The lowest BCUT2D eigenvalue weighted by Gasteiger charge is -2.36. The monoisotopic (exact) mass is 340 g/mol. The molecule has 1 saturated heterocycles. The Bertz CT molecular complexity index is 579. The zero-order valence-electron chi connectivity index (χ0n) is 14.5. The number of hydrogen-bond acceptors (Lipinski definition) is 3. The Balaban J connectivity index is 1.99. The van der Waals surface area contributed by atoms with Crippen molar-refractivity contribution in [3.8, 4) is 0 Å². The molecule has 6 heteroatoms. The van der Waals surface area contributed by atoms with Crippen molar-refractivity contribution in [3.63, 3.8) is 0 Å². The molecule has 0 radical (unpaired) electrons. The molecule has 24 heavy (non-hydrogen) atoms. The molecule has 134 valence electrons. The first-order valence-corrected chi connectivity index (χ1v) is 8.34. The standard InChI is InChI=1S/C18H26F2N2O2/c1-18(2,3)24-17(23)22-8-6-12(7-9-22)14(11-21)13-4-5-15(19)16(20)10-13/h4-5,10,12,14H,6-9,11,21H2,1-3H3. The number of ether oxygens (including phenoxy) is 1. The number of carbonyl (C=O) groups is 1. The summed E-state index contributed by atoms with van der Waals surface area (Å²) in [5.41, 5.74) is 6.08. The predicted octanol–water partition coefficient (Wildman–Crippen LogP) is 3.65. The summed E-state index contributed by atoms with van der Waals surface area (Å²) in [5.74, 6) is -1.51. The fourth-order valence-electron chi connectivity index (χ4n) is 3.15. The highest BCUT2D eigenvalue weighted by Gasteiger charge is 2.31. The van der Waals surface area contributed by atoms with E-state index >= 15 is 0 Å². The van der Waals surface area contributed by atoms with E-state index in [1.807, 2.05) is 20.8 Å². The normalized spacial score (nSPS) is 17.7. The zero-order valence-corrected chi connectivity index (χ0v) is 14.5. The number of benzene rings is 1. The van der Waals surface area contributed by atoms with Gasteiger partial charge in [-0.05, 0) is 69.7 Å². The molecule has 0 bridgehead atoms. The SMILES string of the molecule is CC(C)(C)OC(=O)N1CCC(C(CN)c2ccc(F)c(F)c2)CC1. The van der Waals surface area contributed by atoms with Crippen molar-refractivity contribution in [2.75, 3.05) is 19.6 Å². The molecule has 2 rings (SSSR count). The highest BCUT2D eigenvalue weighted by atomic mass is 19.2. The summed E-state index contributed by atoms with van der Waals surface area (Å²) in [7, 11) is 0. The van der Waals surface area contributed by atoms with Gasteiger partial charge in [0.2, 0.25) is 0 Å². The van der Waals surface area contributed by atoms with Crippen LogP contribution in [0.5, 0.6) is 0 Å². The summed E-state index contributed by atoms with van der Waals surface area (Å²) in [6.07, 6.45) is 1.22. The second kappa shape index (κ2) is 7.47. The van der Waals surface area contributed by atoms with E-state index in [0.29, 0.717) is 25.2 Å². The van der Waals surface area contributed by atoms with Crippen LogP contribution in [0.2, 0.25) is 0 Å². The number of hydrogen-bond donors (Lipinski definition) is 1. The van der Waals surface area contributed by atoms with Crippen LogP contribution in [0.3, 0.4) is 0 Å². The highest BCUT2D eigenvalue weighted by Crippen LogP contribution is 2.33. The van der Waals surface area contributed by atoms with Crippen molar-refractivity contribution in [1.82, 2.24) is 4.90 Å². The molecule has 0 saturated carbocycles. The van der Waals surface area contributed by atoms with Crippen molar-refractivity contribution >= 4 is 6.09 Å². The van der Waals surface area contributed by atoms with Crippen molar-refractivity contribution in [3.05, 3.63) is 35.4 Å². The summed E-state index contributed by atoms with van der Waals surface area (Å²) in [6.45, 7) is 7.04. The van der Waals surface area contributed by atoms with Gasteiger partial charge in [0.25, 0.3) is 0 Å². The third kappa shape index (κ3) is 4.66. The molecule has 4 nitrogen and oxygen atoms in total. The lowest BCUT2D eigenvalue weighted by atomic mass is 9.80. The van der Waals surface area contributed by atoms with Gasteiger partial charge in [0.1, 0.15) is 5.60 Å². The Morgan fingerprint density at radius 3 is 2.42 bits per heavy atom. The van der Waals surface area contributed by atoms with Crippen LogP contribution in [0.1, 0.15) is 45.1 Å². The molecule has 2 N–H and O–H groups in total. The Hall–Kier alpha value is -1.69. The van der Waals surface area contributed by atoms with Gasteiger partial charge in [-0.1, -0.05) is 6.07 Å². The quantitative estimate of drug-likeness (QED) is 0.914. The number of piperidine rings is 1. The first-order valence-electron chi connectivity index (χ1n) is 8.34. The average molecular weight is 340 g/mol. The molecular formula is C18H26F2N2O2. The van der Waals surface area contributed by atoms with E-state index in [0.717, 1.165) is 18.9 Å². The lowest BCUT2D eigenvalue weighted by Crippen LogP contribution is -2.43. The number of halogens is 2. The van der Waals surface area contributed by atoms with Crippen LogP contribution in [0.25, 0.3) is 0 Å². The molecule has 1 aromatic carbocycles. The van der Waals surface area contributed by atoms with E-state index in [-0.39, 0.29) is 17.9 Å². The maximum Gasteiger partial charge on any atom is 0.410 e. The summed E-state index contributed by atoms with van der Waals surface area (Å²) in [5, 5.41) is 0. The van der Waals surface area contributed by atoms with Gasteiger partial charge < -0.3 is 15.4 Å². The Morgan fingerprint density at radius 2 is 1.92 bits per heavy atom. The number of likely N-dealkylation sites (tertiary alicyclic amines) is 1. The maximum absolute atomic E-state index is 13.5. The van der Waals surface area contributed by atoms with Crippen LogP contribution in [0.15, 0.2) is 18.2 Å². The lowest BCUT2D eigenvalue weighted by molar-refractivity contribution is 0.0175. The van der Waals surface area contributed by atoms with Gasteiger partial charge in [0.05, 0.1) is 0 Å². The summed E-state index contributed by atoms with van der Waals surface area (Å²) in [6, 6.07) is 3.96. The van der Waals surface area contributed by atoms with Gasteiger partial charge in [-0.2, -0.15) is 0 Å². The Kier molecular flexibility index (Phi) is 5.80. The minimum atomic E-state index is -0.853. The van der Waals surface area contributed by atoms with Crippen LogP contribution >= 0.6 is 0 Å². The van der Waals surface area contributed by atoms with Gasteiger partial charge in [-0.3, -0.25) is 0 Å². The van der Waals surface area contributed by atoms with Gasteiger partial charge in [-0.25, -0.2) is 13.6 Å². The molecule has 0 aliphatic carbocycles. The summed E-state index contributed by atoms with van der Waals surface area (Å²) >= 11 is 0. The maximum atomic E-state index is 13.5. The second-order valence-electron chi connectivity index (χ2n) is 7.32. The van der Waals surface area contributed by atoms with Crippen LogP contribution in [-0.2, 0) is 4.74 Å². The van der Waals surface area contributed by atoms with E-state index in [2.05, 4.69) is 0 Å². The number of amides is 1. The Labute approximate surface area is 142 Å². The molecule has 1 amide bonds. The topological polar surface area (TPSA) is 55.6 Å². The van der Waals surface area contributed by atoms with Crippen LogP contribution < -0.4 is 5.73 Å². The van der Waals surface area contributed by atoms with Gasteiger partial charge in [0, 0.05) is 13.1 Å². The van der Waals surface area contributed by atoms with Crippen molar-refractivity contribution in [2.24, 2.45) is 11.7 Å². The van der Waals surface area contributed by atoms with Crippen molar-refractivity contribution in [2.45, 2.75) is 45.1 Å². The van der Waals surface area contributed by atoms with Crippen LogP contribution in [0.4, 0.5) is 13.6 Å². The number of nitrogens with zero attached hydrogens (tertiary/aromatic N) is 1. The molecule has 1 heterocycles. The predicted molar refractivity (Wildman–Crippen MR) is 88.7 cm³/mol. The van der Waals surface area contributed by atoms with Crippen molar-refractivity contribution in [1.29, 1.82) is 0 Å². The molecule has 1 fully saturated rings. The molecule has 0 spiro atoms. The van der Waals surface area contributed by atoms with E-state index in [9.17, 15) is 13.6 Å². The van der Waals surface area contributed by atoms with E-state index in [1.54, 1.807) is 11.0 Å². The van der Waals surface area contributed by atoms with Crippen molar-refractivity contribution < 1.29 is 18.3 Å². The number of carbonyl (C=O) groups excluding carboxylic acids is 1. The largest absolute Gasteiger partial charge is 0.444 e. The third-order valence-corrected chi connectivity index (χ3v) is 4.39.